The number of benzene rings is 2. The molecule has 2 aromatic rings. The second-order valence-corrected chi connectivity index (χ2v) is 4.34. The van der Waals surface area contributed by atoms with Gasteiger partial charge in [0.25, 0.3) is 5.91 Å². The molecule has 1 amide bonds. The van der Waals surface area contributed by atoms with Crippen LogP contribution in [0.1, 0.15) is 15.9 Å². The third kappa shape index (κ3) is 3.51. The second-order valence-electron chi connectivity index (χ2n) is 3.93. The molecule has 0 saturated carbocycles. The Morgan fingerprint density at radius 1 is 1.05 bits per heavy atom. The van der Waals surface area contributed by atoms with Gasteiger partial charge >= 0.3 is 0 Å². The first-order valence-corrected chi connectivity index (χ1v) is 5.92. The summed E-state index contributed by atoms with van der Waals surface area (Å²) in [6.45, 7) is 0.214. The van der Waals surface area contributed by atoms with Crippen LogP contribution >= 0.6 is 11.6 Å². The molecular weight excluding hydrogens is 272 g/mol. The Hall–Kier alpha value is -1.94. The molecule has 0 heterocycles. The quantitative estimate of drug-likeness (QED) is 0.916. The smallest absolute Gasteiger partial charge is 0.253 e. The van der Waals surface area contributed by atoms with Crippen molar-refractivity contribution in [3.8, 4) is 0 Å². The lowest BCUT2D eigenvalue weighted by Crippen LogP contribution is -2.23. The van der Waals surface area contributed by atoms with Crippen LogP contribution < -0.4 is 5.32 Å². The molecule has 0 spiro atoms. The number of nitrogens with one attached hydrogen (secondary N) is 1. The number of hydrogen-bond donors (Lipinski definition) is 1. The Labute approximate surface area is 114 Å². The van der Waals surface area contributed by atoms with Crippen molar-refractivity contribution in [3.05, 3.63) is 70.2 Å². The van der Waals surface area contributed by atoms with Gasteiger partial charge < -0.3 is 5.32 Å². The van der Waals surface area contributed by atoms with Gasteiger partial charge in [0.05, 0.1) is 10.6 Å². The largest absolute Gasteiger partial charge is 0.348 e. The van der Waals surface area contributed by atoms with Crippen LogP contribution in [0, 0.1) is 11.6 Å². The van der Waals surface area contributed by atoms with Gasteiger partial charge in [0, 0.05) is 6.54 Å². The minimum atomic E-state index is -0.531. The molecule has 0 atom stereocenters. The fourth-order valence-electron chi connectivity index (χ4n) is 1.55. The maximum atomic E-state index is 13.0. The topological polar surface area (TPSA) is 29.1 Å². The Morgan fingerprint density at radius 3 is 2.37 bits per heavy atom. The molecule has 0 unspecified atom stereocenters. The monoisotopic (exact) mass is 281 g/mol. The molecule has 98 valence electrons. The van der Waals surface area contributed by atoms with Crippen molar-refractivity contribution in [2.45, 2.75) is 6.54 Å². The van der Waals surface area contributed by atoms with Crippen molar-refractivity contribution in [2.24, 2.45) is 0 Å². The molecule has 0 aromatic heterocycles. The fraction of sp³-hybridized carbons (Fsp3) is 0.0714. The Kier molecular flexibility index (Phi) is 4.12. The molecule has 2 aromatic carbocycles. The van der Waals surface area contributed by atoms with E-state index in [1.165, 1.54) is 24.3 Å². The van der Waals surface area contributed by atoms with Crippen LogP contribution in [0.2, 0.25) is 5.02 Å². The lowest BCUT2D eigenvalue weighted by atomic mass is 10.2. The van der Waals surface area contributed by atoms with E-state index in [2.05, 4.69) is 5.32 Å². The Balaban J connectivity index is 2.05. The molecule has 0 bridgehead atoms. The van der Waals surface area contributed by atoms with Gasteiger partial charge in [0.1, 0.15) is 11.6 Å². The van der Waals surface area contributed by atoms with Crippen LogP contribution in [-0.2, 0) is 6.54 Å². The lowest BCUT2D eigenvalue weighted by molar-refractivity contribution is 0.0950. The Bertz CT molecular complexity index is 599. The van der Waals surface area contributed by atoms with E-state index in [1.54, 1.807) is 12.1 Å². The summed E-state index contributed by atoms with van der Waals surface area (Å²) >= 11 is 5.82. The predicted molar refractivity (Wildman–Crippen MR) is 69.0 cm³/mol. The summed E-state index contributed by atoms with van der Waals surface area (Å²) in [5.74, 6) is -1.35. The summed E-state index contributed by atoms with van der Waals surface area (Å²) < 4.78 is 25.7. The van der Waals surface area contributed by atoms with Crippen molar-refractivity contribution >= 4 is 17.5 Å². The van der Waals surface area contributed by atoms with Gasteiger partial charge in [-0.25, -0.2) is 8.78 Å². The highest BCUT2D eigenvalue weighted by Crippen LogP contribution is 2.17. The highest BCUT2D eigenvalue weighted by atomic mass is 35.5. The van der Waals surface area contributed by atoms with Crippen molar-refractivity contribution < 1.29 is 13.6 Å². The second kappa shape index (κ2) is 5.80. The van der Waals surface area contributed by atoms with Gasteiger partial charge in [0.15, 0.2) is 0 Å². The standard InChI is InChI=1S/C14H10ClF2NO/c15-13-6-5-11(17)7-12(13)14(19)18-8-9-1-3-10(16)4-2-9/h1-7H,8H2,(H,18,19). The average molecular weight is 282 g/mol. The van der Waals surface area contributed by atoms with E-state index in [-0.39, 0.29) is 22.9 Å². The maximum absolute atomic E-state index is 13.0. The SMILES string of the molecule is O=C(NCc1ccc(F)cc1)c1cc(F)ccc1Cl. The maximum Gasteiger partial charge on any atom is 0.253 e. The zero-order valence-corrected chi connectivity index (χ0v) is 10.5. The minimum absolute atomic E-state index is 0.0729. The molecule has 0 saturated heterocycles. The summed E-state index contributed by atoms with van der Waals surface area (Å²) in [7, 11) is 0. The number of carbonyl (C=O) groups excluding carboxylic acids is 1. The van der Waals surface area contributed by atoms with Crippen molar-refractivity contribution in [2.75, 3.05) is 0 Å². The summed E-state index contributed by atoms with van der Waals surface area (Å²) in [6, 6.07) is 9.30. The van der Waals surface area contributed by atoms with Crippen LogP contribution in [0.3, 0.4) is 0 Å². The Morgan fingerprint density at radius 2 is 1.68 bits per heavy atom. The van der Waals surface area contributed by atoms with Gasteiger partial charge in [-0.15, -0.1) is 0 Å². The first kappa shape index (κ1) is 13.5. The highest BCUT2D eigenvalue weighted by Gasteiger charge is 2.11. The predicted octanol–water partition coefficient (Wildman–Crippen LogP) is 3.55. The van der Waals surface area contributed by atoms with Crippen LogP contribution in [0.5, 0.6) is 0 Å². The van der Waals surface area contributed by atoms with Crippen LogP contribution in [0.4, 0.5) is 8.78 Å². The van der Waals surface area contributed by atoms with Crippen LogP contribution in [0.15, 0.2) is 42.5 Å². The number of amides is 1. The zero-order valence-electron chi connectivity index (χ0n) is 9.79. The minimum Gasteiger partial charge on any atom is -0.348 e. The molecular formula is C14H10ClF2NO. The average Bonchev–Trinajstić information content (AvgIpc) is 2.40. The van der Waals surface area contributed by atoms with Crippen molar-refractivity contribution in [1.82, 2.24) is 5.32 Å². The summed E-state index contributed by atoms with van der Waals surface area (Å²) in [5, 5.41) is 2.77. The molecule has 0 aliphatic heterocycles. The molecule has 5 heteroatoms. The lowest BCUT2D eigenvalue weighted by Gasteiger charge is -2.07. The molecule has 2 rings (SSSR count). The van der Waals surface area contributed by atoms with E-state index in [1.807, 2.05) is 0 Å². The fourth-order valence-corrected chi connectivity index (χ4v) is 1.75. The molecule has 1 N–H and O–H groups in total. The number of halogens is 3. The first-order valence-electron chi connectivity index (χ1n) is 5.54. The summed E-state index contributed by atoms with van der Waals surface area (Å²) in [4.78, 5) is 11.8. The van der Waals surface area contributed by atoms with Crippen molar-refractivity contribution in [1.29, 1.82) is 0 Å². The van der Waals surface area contributed by atoms with Gasteiger partial charge in [-0.05, 0) is 35.9 Å². The van der Waals surface area contributed by atoms with Crippen LogP contribution in [0.25, 0.3) is 0 Å². The molecule has 0 aliphatic rings. The van der Waals surface area contributed by atoms with E-state index in [9.17, 15) is 13.6 Å². The first-order chi connectivity index (χ1) is 9.06. The summed E-state index contributed by atoms with van der Waals surface area (Å²) in [5.41, 5.74) is 0.811. The molecule has 19 heavy (non-hydrogen) atoms. The molecule has 2 nitrogen and oxygen atoms in total. The van der Waals surface area contributed by atoms with E-state index >= 15 is 0 Å². The number of rotatable bonds is 3. The van der Waals surface area contributed by atoms with E-state index in [0.29, 0.717) is 0 Å². The van der Waals surface area contributed by atoms with Gasteiger partial charge in [-0.3, -0.25) is 4.79 Å². The van der Waals surface area contributed by atoms with E-state index in [4.69, 9.17) is 11.6 Å². The highest BCUT2D eigenvalue weighted by molar-refractivity contribution is 6.33. The van der Waals surface area contributed by atoms with E-state index < -0.39 is 11.7 Å². The third-order valence-electron chi connectivity index (χ3n) is 2.54. The molecule has 0 fully saturated rings. The van der Waals surface area contributed by atoms with E-state index in [0.717, 1.165) is 11.6 Å². The van der Waals surface area contributed by atoms with Gasteiger partial charge in [-0.1, -0.05) is 23.7 Å². The van der Waals surface area contributed by atoms with Gasteiger partial charge in [0.2, 0.25) is 0 Å². The molecule has 0 radical (unpaired) electrons. The van der Waals surface area contributed by atoms with Gasteiger partial charge in [-0.2, -0.15) is 0 Å². The van der Waals surface area contributed by atoms with Crippen LogP contribution in [-0.4, -0.2) is 5.91 Å². The zero-order chi connectivity index (χ0) is 13.8. The van der Waals surface area contributed by atoms with Crippen molar-refractivity contribution in [3.63, 3.8) is 0 Å². The normalized spacial score (nSPS) is 10.3. The molecule has 0 aliphatic carbocycles. The third-order valence-corrected chi connectivity index (χ3v) is 2.87. The number of carbonyl (C=O) groups is 1. The summed E-state index contributed by atoms with van der Waals surface area (Å²) in [6.07, 6.45) is 0. The number of hydrogen-bond acceptors (Lipinski definition) is 1.